The van der Waals surface area contributed by atoms with Gasteiger partial charge in [0, 0.05) is 27.6 Å². The summed E-state index contributed by atoms with van der Waals surface area (Å²) in [5, 5.41) is 2.50. The predicted octanol–water partition coefficient (Wildman–Crippen LogP) is 16.2. The van der Waals surface area contributed by atoms with Crippen molar-refractivity contribution in [1.82, 2.24) is 0 Å². The number of hydrogen-bond acceptors (Lipinski definition) is 1. The molecule has 0 amide bonds. The van der Waals surface area contributed by atoms with E-state index in [0.29, 0.717) is 0 Å². The molecule has 0 bridgehead atoms. The molecule has 1 atom stereocenters. The van der Waals surface area contributed by atoms with E-state index in [9.17, 15) is 0 Å². The second-order valence-corrected chi connectivity index (χ2v) is 18.0. The Balaban J connectivity index is 1.13. The van der Waals surface area contributed by atoms with Crippen molar-refractivity contribution in [3.05, 3.63) is 233 Å². The maximum atomic E-state index is 2.52. The lowest BCUT2D eigenvalue weighted by molar-refractivity contribution is 0.660. The number of benzene rings is 9. The van der Waals surface area contributed by atoms with Crippen LogP contribution in [0, 0.1) is 20.8 Å². The van der Waals surface area contributed by atoms with Gasteiger partial charge in [-0.15, -0.1) is 0 Å². The van der Waals surface area contributed by atoms with E-state index in [4.69, 9.17) is 0 Å². The van der Waals surface area contributed by atoms with Gasteiger partial charge in [-0.3, -0.25) is 0 Å². The van der Waals surface area contributed by atoms with Crippen molar-refractivity contribution in [3.8, 4) is 44.5 Å². The van der Waals surface area contributed by atoms with Crippen molar-refractivity contribution in [1.29, 1.82) is 0 Å². The number of hydrogen-bond donors (Lipinski definition) is 0. The molecule has 9 aromatic rings. The van der Waals surface area contributed by atoms with Gasteiger partial charge in [-0.2, -0.15) is 0 Å². The van der Waals surface area contributed by atoms with Gasteiger partial charge < -0.3 is 4.90 Å². The third-order valence-electron chi connectivity index (χ3n) is 14.1. The quantitative estimate of drug-likeness (QED) is 0.162. The van der Waals surface area contributed by atoms with Gasteiger partial charge in [0.25, 0.3) is 0 Å². The molecule has 0 saturated carbocycles. The molecule has 1 heteroatoms. The van der Waals surface area contributed by atoms with E-state index >= 15 is 0 Å². The number of nitrogens with zero attached hydrogens (tertiary/aromatic N) is 1. The molecule has 1 unspecified atom stereocenters. The number of anilines is 3. The Morgan fingerprint density at radius 3 is 1.69 bits per heavy atom. The summed E-state index contributed by atoms with van der Waals surface area (Å²) in [6.07, 6.45) is 0. The molecule has 0 N–H and O–H groups in total. The zero-order chi connectivity index (χ0) is 41.6. The van der Waals surface area contributed by atoms with Crippen LogP contribution < -0.4 is 4.90 Å². The molecule has 9 aromatic carbocycles. The van der Waals surface area contributed by atoms with Crippen LogP contribution in [-0.4, -0.2) is 0 Å². The van der Waals surface area contributed by atoms with Gasteiger partial charge in [-0.05, 0) is 159 Å². The summed E-state index contributed by atoms with van der Waals surface area (Å²) in [6, 6.07) is 70.8. The first-order valence-electron chi connectivity index (χ1n) is 21.7. The zero-order valence-corrected chi connectivity index (χ0v) is 35.8. The molecule has 2 aliphatic rings. The molecule has 1 nitrogen and oxygen atoms in total. The fourth-order valence-electron chi connectivity index (χ4n) is 10.8. The van der Waals surface area contributed by atoms with Crippen molar-refractivity contribution >= 4 is 27.8 Å². The fraction of sp³-hybridized carbons (Fsp3) is 0.133. The van der Waals surface area contributed by atoms with Crippen LogP contribution in [-0.2, 0) is 10.8 Å². The number of rotatable bonds is 6. The van der Waals surface area contributed by atoms with Crippen LogP contribution in [0.25, 0.3) is 55.3 Å². The van der Waals surface area contributed by atoms with Crippen molar-refractivity contribution in [3.63, 3.8) is 0 Å². The standard InChI is InChI=1S/C60H49N/c1-38-24-28-44(29-25-38)61(45-30-33-47(40(3)34-45)46-19-11-10-16-39(46)2)57-37-56-58(51-22-13-12-21-50(51)57)52-32-27-42(36-55(52)60(56,6)43-17-8-7-9-18-43)41-26-31-49-48-20-14-15-23-53(48)59(4,5)54(49)35-41/h7-37H,1-6H3. The Labute approximate surface area is 360 Å². The third-order valence-corrected chi connectivity index (χ3v) is 14.1. The van der Waals surface area contributed by atoms with Gasteiger partial charge in [-0.25, -0.2) is 0 Å². The molecule has 2 aliphatic carbocycles. The Morgan fingerprint density at radius 2 is 0.951 bits per heavy atom. The molecule has 11 rings (SSSR count). The highest BCUT2D eigenvalue weighted by Gasteiger charge is 2.43. The normalized spacial score (nSPS) is 15.6. The largest absolute Gasteiger partial charge is 0.310 e. The van der Waals surface area contributed by atoms with Crippen molar-refractivity contribution in [2.75, 3.05) is 4.90 Å². The molecular formula is C60H49N. The lowest BCUT2D eigenvalue weighted by Crippen LogP contribution is -2.23. The molecule has 294 valence electrons. The molecule has 0 saturated heterocycles. The monoisotopic (exact) mass is 783 g/mol. The minimum absolute atomic E-state index is 0.0640. The SMILES string of the molecule is Cc1ccc(N(c2ccc(-c3ccccc3C)c(C)c2)c2cc3c(c4ccccc24)-c2ccc(-c4ccc5c(c4)C(C)(C)c4ccccc4-5)cc2C3(C)c2ccccc2)cc1. The summed E-state index contributed by atoms with van der Waals surface area (Å²) in [5.41, 5.74) is 23.9. The highest BCUT2D eigenvalue weighted by atomic mass is 15.1. The van der Waals surface area contributed by atoms with E-state index in [1.54, 1.807) is 0 Å². The van der Waals surface area contributed by atoms with Crippen LogP contribution in [0.4, 0.5) is 17.1 Å². The van der Waals surface area contributed by atoms with Crippen LogP contribution in [0.3, 0.4) is 0 Å². The Morgan fingerprint density at radius 1 is 0.377 bits per heavy atom. The topological polar surface area (TPSA) is 3.24 Å². The van der Waals surface area contributed by atoms with E-state index in [1.807, 2.05) is 0 Å². The molecule has 0 radical (unpaired) electrons. The molecule has 0 heterocycles. The first-order valence-corrected chi connectivity index (χ1v) is 21.7. The van der Waals surface area contributed by atoms with Crippen LogP contribution in [0.2, 0.25) is 0 Å². The van der Waals surface area contributed by atoms with Crippen LogP contribution >= 0.6 is 0 Å². The average molecular weight is 784 g/mol. The molecular weight excluding hydrogens is 735 g/mol. The number of fused-ring (bicyclic) bond motifs is 8. The second kappa shape index (κ2) is 13.8. The van der Waals surface area contributed by atoms with Gasteiger partial charge in [0.1, 0.15) is 0 Å². The molecule has 61 heavy (non-hydrogen) atoms. The van der Waals surface area contributed by atoms with E-state index in [1.165, 1.54) is 105 Å². The fourth-order valence-corrected chi connectivity index (χ4v) is 10.8. The predicted molar refractivity (Wildman–Crippen MR) is 259 cm³/mol. The average Bonchev–Trinajstić information content (AvgIpc) is 3.68. The minimum atomic E-state index is -0.420. The Hall–Kier alpha value is -6.96. The highest BCUT2D eigenvalue weighted by Crippen LogP contribution is 2.58. The molecule has 0 spiro atoms. The van der Waals surface area contributed by atoms with Gasteiger partial charge in [0.2, 0.25) is 0 Å². The summed E-state index contributed by atoms with van der Waals surface area (Å²) in [7, 11) is 0. The van der Waals surface area contributed by atoms with E-state index < -0.39 is 5.41 Å². The van der Waals surface area contributed by atoms with E-state index in [2.05, 4.69) is 234 Å². The second-order valence-electron chi connectivity index (χ2n) is 18.0. The van der Waals surface area contributed by atoms with Gasteiger partial charge in [-0.1, -0.05) is 165 Å². The van der Waals surface area contributed by atoms with Crippen molar-refractivity contribution < 1.29 is 0 Å². The summed E-state index contributed by atoms with van der Waals surface area (Å²) < 4.78 is 0. The summed E-state index contributed by atoms with van der Waals surface area (Å²) in [6.45, 7) is 13.8. The summed E-state index contributed by atoms with van der Waals surface area (Å²) in [5.74, 6) is 0. The van der Waals surface area contributed by atoms with E-state index in [-0.39, 0.29) is 5.41 Å². The first kappa shape index (κ1) is 37.1. The van der Waals surface area contributed by atoms with Crippen LogP contribution in [0.15, 0.2) is 188 Å². The Bertz CT molecular complexity index is 3200. The van der Waals surface area contributed by atoms with Crippen LogP contribution in [0.1, 0.15) is 65.3 Å². The maximum absolute atomic E-state index is 2.52. The van der Waals surface area contributed by atoms with Gasteiger partial charge in [0.05, 0.1) is 5.69 Å². The van der Waals surface area contributed by atoms with Crippen LogP contribution in [0.5, 0.6) is 0 Å². The van der Waals surface area contributed by atoms with Crippen molar-refractivity contribution in [2.45, 2.75) is 52.4 Å². The van der Waals surface area contributed by atoms with E-state index in [0.717, 1.165) is 11.4 Å². The maximum Gasteiger partial charge on any atom is 0.0543 e. The van der Waals surface area contributed by atoms with Gasteiger partial charge >= 0.3 is 0 Å². The third kappa shape index (κ3) is 5.60. The summed E-state index contributed by atoms with van der Waals surface area (Å²) >= 11 is 0. The Kier molecular flexibility index (Phi) is 8.38. The van der Waals surface area contributed by atoms with Crippen molar-refractivity contribution in [2.24, 2.45) is 0 Å². The highest BCUT2D eigenvalue weighted by molar-refractivity contribution is 6.10. The number of aryl methyl sites for hydroxylation is 3. The van der Waals surface area contributed by atoms with Gasteiger partial charge in [0.15, 0.2) is 0 Å². The smallest absolute Gasteiger partial charge is 0.0543 e. The molecule has 0 fully saturated rings. The lowest BCUT2D eigenvalue weighted by atomic mass is 9.73. The molecule has 0 aliphatic heterocycles. The molecule has 0 aromatic heterocycles. The minimum Gasteiger partial charge on any atom is -0.310 e. The zero-order valence-electron chi connectivity index (χ0n) is 35.8. The lowest BCUT2D eigenvalue weighted by Gasteiger charge is -2.32. The first-order chi connectivity index (χ1) is 29.6. The summed E-state index contributed by atoms with van der Waals surface area (Å²) in [4.78, 5) is 2.49.